The number of ether oxygens (including phenoxy) is 1. The van der Waals surface area contributed by atoms with Crippen molar-refractivity contribution in [1.82, 2.24) is 10.2 Å². The zero-order chi connectivity index (χ0) is 15.2. The third kappa shape index (κ3) is 3.85. The number of anilines is 2. The lowest BCUT2D eigenvalue weighted by Gasteiger charge is -2.11. The number of carbonyl (C=O) groups excluding carboxylic acids is 1. The summed E-state index contributed by atoms with van der Waals surface area (Å²) in [5.74, 6) is -0.191. The van der Waals surface area contributed by atoms with Crippen LogP contribution in [0.3, 0.4) is 0 Å². The van der Waals surface area contributed by atoms with Gasteiger partial charge in [0.1, 0.15) is 11.6 Å². The highest BCUT2D eigenvalue weighted by Crippen LogP contribution is 2.25. The van der Waals surface area contributed by atoms with Gasteiger partial charge in [-0.15, -0.1) is 10.2 Å². The zero-order valence-corrected chi connectivity index (χ0v) is 11.0. The Morgan fingerprint density at radius 3 is 2.57 bits per heavy atom. The number of carbonyl (C=O) groups is 1. The summed E-state index contributed by atoms with van der Waals surface area (Å²) in [6.45, 7) is -2.97. The molecule has 2 rings (SSSR count). The Morgan fingerprint density at radius 1 is 1.19 bits per heavy atom. The van der Waals surface area contributed by atoms with Crippen molar-refractivity contribution < 1.29 is 18.3 Å². The van der Waals surface area contributed by atoms with Crippen LogP contribution >= 0.6 is 0 Å². The molecule has 0 unspecified atom stereocenters. The van der Waals surface area contributed by atoms with E-state index >= 15 is 0 Å². The van der Waals surface area contributed by atoms with Crippen LogP contribution in [0.5, 0.6) is 5.75 Å². The number of benzene rings is 1. The molecule has 0 spiro atoms. The van der Waals surface area contributed by atoms with Gasteiger partial charge in [-0.1, -0.05) is 12.1 Å². The van der Waals surface area contributed by atoms with E-state index in [0.29, 0.717) is 5.82 Å². The Hall–Kier alpha value is -2.77. The Labute approximate surface area is 119 Å². The minimum absolute atomic E-state index is 0.0563. The van der Waals surface area contributed by atoms with Crippen molar-refractivity contribution >= 4 is 17.4 Å². The molecule has 1 aromatic carbocycles. The van der Waals surface area contributed by atoms with Gasteiger partial charge in [-0.2, -0.15) is 8.78 Å². The molecule has 1 aromatic heterocycles. The van der Waals surface area contributed by atoms with Crippen LogP contribution in [0.2, 0.25) is 0 Å². The van der Waals surface area contributed by atoms with Crippen LogP contribution in [-0.4, -0.2) is 29.8 Å². The van der Waals surface area contributed by atoms with E-state index < -0.39 is 12.5 Å². The monoisotopic (exact) mass is 294 g/mol. The molecule has 1 heterocycles. The fraction of sp³-hybridized carbons (Fsp3) is 0.154. The van der Waals surface area contributed by atoms with Crippen LogP contribution in [0.4, 0.5) is 20.3 Å². The molecular weight excluding hydrogens is 282 g/mol. The zero-order valence-electron chi connectivity index (χ0n) is 11.0. The number of hydrogen-bond donors (Lipinski definition) is 2. The highest BCUT2D eigenvalue weighted by Gasteiger charge is 2.13. The molecule has 0 fully saturated rings. The van der Waals surface area contributed by atoms with E-state index in [2.05, 4.69) is 25.6 Å². The molecule has 1 amide bonds. The molecule has 0 saturated heterocycles. The van der Waals surface area contributed by atoms with E-state index in [1.807, 2.05) is 0 Å². The molecule has 110 valence electrons. The van der Waals surface area contributed by atoms with Crippen molar-refractivity contribution in [2.45, 2.75) is 6.61 Å². The Bertz CT molecular complexity index is 620. The molecule has 0 saturated carbocycles. The van der Waals surface area contributed by atoms with Crippen LogP contribution in [0.1, 0.15) is 10.5 Å². The van der Waals surface area contributed by atoms with Crippen LogP contribution in [0.15, 0.2) is 36.4 Å². The highest BCUT2D eigenvalue weighted by molar-refractivity contribution is 6.03. The summed E-state index contributed by atoms with van der Waals surface area (Å²) in [7, 11) is 1.67. The van der Waals surface area contributed by atoms with Gasteiger partial charge < -0.3 is 15.4 Å². The Balaban J connectivity index is 2.15. The first-order valence-electron chi connectivity index (χ1n) is 5.97. The van der Waals surface area contributed by atoms with Crippen molar-refractivity contribution in [2.75, 3.05) is 17.7 Å². The molecular formula is C13H12F2N4O2. The van der Waals surface area contributed by atoms with Gasteiger partial charge >= 0.3 is 6.61 Å². The molecule has 0 bridgehead atoms. The van der Waals surface area contributed by atoms with Crippen molar-refractivity contribution in [3.63, 3.8) is 0 Å². The number of aromatic nitrogens is 2. The third-order valence-corrected chi connectivity index (χ3v) is 2.50. The van der Waals surface area contributed by atoms with Crippen molar-refractivity contribution in [2.24, 2.45) is 0 Å². The van der Waals surface area contributed by atoms with E-state index in [4.69, 9.17) is 0 Å². The number of nitrogens with one attached hydrogen (secondary N) is 2. The SMILES string of the molecule is CNc1ccc(C(=O)Nc2ccccc2OC(F)F)nn1. The smallest absolute Gasteiger partial charge is 0.387 e. The van der Waals surface area contributed by atoms with Crippen LogP contribution in [-0.2, 0) is 0 Å². The summed E-state index contributed by atoms with van der Waals surface area (Å²) < 4.78 is 28.9. The first-order chi connectivity index (χ1) is 10.1. The first kappa shape index (κ1) is 14.6. The molecule has 0 radical (unpaired) electrons. The number of rotatable bonds is 5. The van der Waals surface area contributed by atoms with E-state index in [9.17, 15) is 13.6 Å². The minimum Gasteiger partial charge on any atom is -0.433 e. The molecule has 2 aromatic rings. The molecule has 6 nitrogen and oxygen atoms in total. The quantitative estimate of drug-likeness (QED) is 0.885. The molecule has 0 aliphatic rings. The van der Waals surface area contributed by atoms with Gasteiger partial charge in [0.05, 0.1) is 5.69 Å². The number of para-hydroxylation sites is 2. The Morgan fingerprint density at radius 2 is 1.95 bits per heavy atom. The second-order valence-corrected chi connectivity index (χ2v) is 3.88. The second-order valence-electron chi connectivity index (χ2n) is 3.88. The van der Waals surface area contributed by atoms with E-state index in [0.717, 1.165) is 0 Å². The predicted octanol–water partition coefficient (Wildman–Crippen LogP) is 2.37. The predicted molar refractivity (Wildman–Crippen MR) is 72.6 cm³/mol. The molecule has 0 atom stereocenters. The average molecular weight is 294 g/mol. The number of amides is 1. The van der Waals surface area contributed by atoms with Gasteiger partial charge in [-0.05, 0) is 24.3 Å². The third-order valence-electron chi connectivity index (χ3n) is 2.50. The topological polar surface area (TPSA) is 76.1 Å². The lowest BCUT2D eigenvalue weighted by molar-refractivity contribution is -0.0493. The van der Waals surface area contributed by atoms with Gasteiger partial charge in [0.25, 0.3) is 5.91 Å². The first-order valence-corrected chi connectivity index (χ1v) is 5.97. The Kier molecular flexibility index (Phi) is 4.60. The lowest BCUT2D eigenvalue weighted by Crippen LogP contribution is -2.16. The normalized spacial score (nSPS) is 10.3. The van der Waals surface area contributed by atoms with E-state index in [1.54, 1.807) is 19.2 Å². The van der Waals surface area contributed by atoms with Crippen molar-refractivity contribution in [3.8, 4) is 5.75 Å². The average Bonchev–Trinajstić information content (AvgIpc) is 2.49. The summed E-state index contributed by atoms with van der Waals surface area (Å²) in [4.78, 5) is 12.0. The van der Waals surface area contributed by atoms with Crippen molar-refractivity contribution in [3.05, 3.63) is 42.1 Å². The van der Waals surface area contributed by atoms with Gasteiger partial charge in [-0.25, -0.2) is 0 Å². The van der Waals surface area contributed by atoms with Gasteiger partial charge in [0, 0.05) is 7.05 Å². The molecule has 2 N–H and O–H groups in total. The molecule has 21 heavy (non-hydrogen) atoms. The largest absolute Gasteiger partial charge is 0.433 e. The van der Waals surface area contributed by atoms with Crippen molar-refractivity contribution in [1.29, 1.82) is 0 Å². The second kappa shape index (κ2) is 6.60. The highest BCUT2D eigenvalue weighted by atomic mass is 19.3. The van der Waals surface area contributed by atoms with Gasteiger partial charge in [0.15, 0.2) is 5.69 Å². The summed E-state index contributed by atoms with van der Waals surface area (Å²) in [5.41, 5.74) is 0.183. The summed E-state index contributed by atoms with van der Waals surface area (Å²) >= 11 is 0. The maximum absolute atomic E-state index is 12.3. The van der Waals surface area contributed by atoms with Crippen LogP contribution in [0, 0.1) is 0 Å². The van der Waals surface area contributed by atoms with E-state index in [-0.39, 0.29) is 17.1 Å². The van der Waals surface area contributed by atoms with Gasteiger partial charge in [0.2, 0.25) is 0 Å². The van der Waals surface area contributed by atoms with Crippen LogP contribution < -0.4 is 15.4 Å². The molecule has 0 aliphatic carbocycles. The van der Waals surface area contributed by atoms with E-state index in [1.165, 1.54) is 24.3 Å². The maximum Gasteiger partial charge on any atom is 0.387 e. The minimum atomic E-state index is -2.97. The lowest BCUT2D eigenvalue weighted by atomic mass is 10.2. The number of halogens is 2. The number of nitrogens with zero attached hydrogens (tertiary/aromatic N) is 2. The fourth-order valence-corrected chi connectivity index (χ4v) is 1.54. The van der Waals surface area contributed by atoms with Crippen LogP contribution in [0.25, 0.3) is 0 Å². The molecule has 8 heteroatoms. The summed E-state index contributed by atoms with van der Waals surface area (Å²) in [5, 5.41) is 12.7. The standard InChI is InChI=1S/C13H12F2N4O2/c1-16-11-7-6-9(18-19-11)12(20)17-8-4-2-3-5-10(8)21-13(14)15/h2-7,13H,1H3,(H,16,19)(H,17,20). The molecule has 0 aliphatic heterocycles. The number of hydrogen-bond acceptors (Lipinski definition) is 5. The van der Waals surface area contributed by atoms with Gasteiger partial charge in [-0.3, -0.25) is 4.79 Å². The number of alkyl halides is 2. The maximum atomic E-state index is 12.3. The summed E-state index contributed by atoms with van der Waals surface area (Å²) in [6.07, 6.45) is 0. The summed E-state index contributed by atoms with van der Waals surface area (Å²) in [6, 6.07) is 8.93. The fourth-order valence-electron chi connectivity index (χ4n) is 1.54.